The Morgan fingerprint density at radius 1 is 0.500 bits per heavy atom. The Hall–Kier alpha value is 0.440. The molecule has 1 aliphatic heterocycles. The molecule has 1 aliphatic rings. The highest BCUT2D eigenvalue weighted by atomic mass is 79.9. The van der Waals surface area contributed by atoms with Crippen molar-refractivity contribution in [2.75, 3.05) is 26.2 Å². The smallest absolute Gasteiger partial charge is 0.0786 e. The number of nitrogens with zero attached hydrogens (tertiary/aromatic N) is 1. The molecule has 1 nitrogen and oxygen atoms in total. The Labute approximate surface area is 177 Å². The van der Waals surface area contributed by atoms with Gasteiger partial charge in [-0.05, 0) is 39.0 Å². The van der Waals surface area contributed by atoms with Crippen molar-refractivity contribution in [1.82, 2.24) is 0 Å². The first kappa shape index (κ1) is 26.4. The van der Waals surface area contributed by atoms with E-state index in [1.54, 1.807) is 0 Å². The quantitative estimate of drug-likeness (QED) is 0.227. The summed E-state index contributed by atoms with van der Waals surface area (Å²) in [5.41, 5.74) is 0. The highest BCUT2D eigenvalue weighted by Crippen LogP contribution is 2.20. The molecule has 0 aromatic carbocycles. The van der Waals surface area contributed by atoms with Crippen molar-refractivity contribution in [2.24, 2.45) is 0 Å². The number of hydrogen-bond donors (Lipinski definition) is 0. The van der Waals surface area contributed by atoms with Crippen LogP contribution in [0.25, 0.3) is 0 Å². The van der Waals surface area contributed by atoms with E-state index >= 15 is 0 Å². The molecule has 0 unspecified atom stereocenters. The predicted octanol–water partition coefficient (Wildman–Crippen LogP) is 4.88. The van der Waals surface area contributed by atoms with Crippen LogP contribution in [0.4, 0.5) is 0 Å². The van der Waals surface area contributed by atoms with E-state index in [2.05, 4.69) is 13.8 Å². The second-order valence-corrected chi connectivity index (χ2v) is 8.84. The molecule has 1 heterocycles. The van der Waals surface area contributed by atoms with Crippen molar-refractivity contribution < 1.29 is 21.5 Å². The Balaban J connectivity index is 0.00000625. The summed E-state index contributed by atoms with van der Waals surface area (Å²) in [6, 6.07) is 0. The first-order valence-corrected chi connectivity index (χ1v) is 12.2. The second-order valence-electron chi connectivity index (χ2n) is 8.84. The van der Waals surface area contributed by atoms with Crippen molar-refractivity contribution >= 4 is 0 Å². The van der Waals surface area contributed by atoms with Gasteiger partial charge in [0.05, 0.1) is 26.2 Å². The fourth-order valence-corrected chi connectivity index (χ4v) is 4.70. The van der Waals surface area contributed by atoms with Crippen LogP contribution in [0.3, 0.4) is 0 Å². The minimum atomic E-state index is 0. The molecule has 0 amide bonds. The molecule has 26 heavy (non-hydrogen) atoms. The summed E-state index contributed by atoms with van der Waals surface area (Å²) in [6.07, 6.45) is 26.6. The molecular weight excluding hydrogens is 382 g/mol. The SMILES string of the molecule is CCCCCCCCCCCCCCCCC[N+]1(CC)CCCCC1.[Br-]. The van der Waals surface area contributed by atoms with Gasteiger partial charge in [-0.3, -0.25) is 0 Å². The number of rotatable bonds is 17. The summed E-state index contributed by atoms with van der Waals surface area (Å²) in [5, 5.41) is 0. The van der Waals surface area contributed by atoms with Crippen LogP contribution in [-0.2, 0) is 0 Å². The summed E-state index contributed by atoms with van der Waals surface area (Å²) >= 11 is 0. The monoisotopic (exact) mass is 431 g/mol. The maximum atomic E-state index is 2.41. The van der Waals surface area contributed by atoms with Crippen LogP contribution < -0.4 is 17.0 Å². The maximum Gasteiger partial charge on any atom is 0.0786 e. The summed E-state index contributed by atoms with van der Waals surface area (Å²) in [5.74, 6) is 0. The van der Waals surface area contributed by atoms with Crippen molar-refractivity contribution in [3.05, 3.63) is 0 Å². The largest absolute Gasteiger partial charge is 1.00 e. The van der Waals surface area contributed by atoms with Crippen molar-refractivity contribution in [1.29, 1.82) is 0 Å². The van der Waals surface area contributed by atoms with Gasteiger partial charge >= 0.3 is 0 Å². The first-order valence-electron chi connectivity index (χ1n) is 12.2. The second kappa shape index (κ2) is 18.8. The van der Waals surface area contributed by atoms with Crippen molar-refractivity contribution in [3.8, 4) is 0 Å². The van der Waals surface area contributed by atoms with E-state index in [4.69, 9.17) is 0 Å². The van der Waals surface area contributed by atoms with E-state index in [-0.39, 0.29) is 17.0 Å². The van der Waals surface area contributed by atoms with Crippen LogP contribution in [0.15, 0.2) is 0 Å². The lowest BCUT2D eigenvalue weighted by Gasteiger charge is -2.41. The van der Waals surface area contributed by atoms with Gasteiger partial charge in [0.2, 0.25) is 0 Å². The van der Waals surface area contributed by atoms with Gasteiger partial charge in [-0.2, -0.15) is 0 Å². The molecule has 1 fully saturated rings. The molecule has 0 aromatic rings. The van der Waals surface area contributed by atoms with Gasteiger partial charge in [0.25, 0.3) is 0 Å². The Morgan fingerprint density at radius 3 is 1.27 bits per heavy atom. The molecule has 1 rings (SSSR count). The van der Waals surface area contributed by atoms with E-state index in [1.165, 1.54) is 146 Å². The zero-order valence-electron chi connectivity index (χ0n) is 18.4. The van der Waals surface area contributed by atoms with Gasteiger partial charge in [0.1, 0.15) is 0 Å². The van der Waals surface area contributed by atoms with Gasteiger partial charge in [-0.25, -0.2) is 0 Å². The van der Waals surface area contributed by atoms with E-state index in [0.717, 1.165) is 0 Å². The fraction of sp³-hybridized carbons (Fsp3) is 1.00. The van der Waals surface area contributed by atoms with Gasteiger partial charge in [0.15, 0.2) is 0 Å². The van der Waals surface area contributed by atoms with Crippen LogP contribution in [0.5, 0.6) is 0 Å². The molecule has 158 valence electrons. The molecule has 0 spiro atoms. The lowest BCUT2D eigenvalue weighted by molar-refractivity contribution is -0.931. The average Bonchev–Trinajstić information content (AvgIpc) is 2.65. The van der Waals surface area contributed by atoms with Gasteiger partial charge < -0.3 is 21.5 Å². The topological polar surface area (TPSA) is 0 Å². The average molecular weight is 433 g/mol. The van der Waals surface area contributed by atoms with Crippen molar-refractivity contribution in [2.45, 2.75) is 129 Å². The molecule has 1 saturated heterocycles. The number of likely N-dealkylation sites (tertiary alicyclic amines) is 1. The molecule has 0 radical (unpaired) electrons. The lowest BCUT2D eigenvalue weighted by atomic mass is 10.0. The summed E-state index contributed by atoms with van der Waals surface area (Å²) in [6.45, 7) is 10.5. The Bertz CT molecular complexity index is 273. The van der Waals surface area contributed by atoms with E-state index in [9.17, 15) is 0 Å². The number of halogens is 1. The van der Waals surface area contributed by atoms with Crippen LogP contribution in [0, 0.1) is 0 Å². The lowest BCUT2D eigenvalue weighted by Crippen LogP contribution is -3.00. The van der Waals surface area contributed by atoms with E-state index in [1.807, 2.05) is 0 Å². The normalized spacial score (nSPS) is 16.4. The predicted molar refractivity (Wildman–Crippen MR) is 114 cm³/mol. The molecule has 0 atom stereocenters. The highest BCUT2D eigenvalue weighted by molar-refractivity contribution is 4.55. The molecule has 0 N–H and O–H groups in total. The maximum absolute atomic E-state index is 2.41. The number of quaternary nitrogens is 1. The molecule has 0 aliphatic carbocycles. The molecule has 0 saturated carbocycles. The highest BCUT2D eigenvalue weighted by Gasteiger charge is 2.26. The number of hydrogen-bond acceptors (Lipinski definition) is 0. The summed E-state index contributed by atoms with van der Waals surface area (Å²) in [4.78, 5) is 0. The van der Waals surface area contributed by atoms with E-state index < -0.39 is 0 Å². The van der Waals surface area contributed by atoms with E-state index in [0.29, 0.717) is 0 Å². The summed E-state index contributed by atoms with van der Waals surface area (Å²) < 4.78 is 1.44. The van der Waals surface area contributed by atoms with Crippen LogP contribution >= 0.6 is 0 Å². The zero-order chi connectivity index (χ0) is 18.1. The standard InChI is InChI=1S/C24H50N.BrH/c1-3-5-6-7-8-9-10-11-12-13-14-15-16-17-19-22-25(4-2)23-20-18-21-24-25;/h3-24H2,1-2H3;1H/q+1;/p-1. The molecular formula is C24H50BrN. The zero-order valence-corrected chi connectivity index (χ0v) is 20.0. The third-order valence-electron chi connectivity index (χ3n) is 6.67. The third-order valence-corrected chi connectivity index (χ3v) is 6.67. The Kier molecular flexibility index (Phi) is 19.1. The number of unbranched alkanes of at least 4 members (excludes halogenated alkanes) is 14. The summed E-state index contributed by atoms with van der Waals surface area (Å²) in [7, 11) is 0. The molecule has 0 bridgehead atoms. The van der Waals surface area contributed by atoms with Crippen LogP contribution in [0.2, 0.25) is 0 Å². The van der Waals surface area contributed by atoms with Crippen molar-refractivity contribution in [3.63, 3.8) is 0 Å². The molecule has 0 aromatic heterocycles. The molecule has 2 heteroatoms. The Morgan fingerprint density at radius 2 is 0.885 bits per heavy atom. The van der Waals surface area contributed by atoms with Gasteiger partial charge in [0, 0.05) is 0 Å². The number of piperidine rings is 1. The van der Waals surface area contributed by atoms with Crippen LogP contribution in [0.1, 0.15) is 129 Å². The van der Waals surface area contributed by atoms with Gasteiger partial charge in [-0.1, -0.05) is 90.4 Å². The third kappa shape index (κ3) is 13.6. The first-order chi connectivity index (χ1) is 12.3. The minimum Gasteiger partial charge on any atom is -1.00 e. The van der Waals surface area contributed by atoms with Crippen LogP contribution in [-0.4, -0.2) is 30.7 Å². The fourth-order valence-electron chi connectivity index (χ4n) is 4.70. The van der Waals surface area contributed by atoms with Gasteiger partial charge in [-0.15, -0.1) is 0 Å². The minimum absolute atomic E-state index is 0.